The Balaban J connectivity index is 1.60. The molecule has 3 aliphatic rings. The summed E-state index contributed by atoms with van der Waals surface area (Å²) in [7, 11) is 0. The predicted molar refractivity (Wildman–Crippen MR) is 97.1 cm³/mol. The van der Waals surface area contributed by atoms with E-state index in [9.17, 15) is 5.26 Å². The average molecular weight is 338 g/mol. The number of nitrogens with zero attached hydrogens (tertiary/aromatic N) is 2. The van der Waals surface area contributed by atoms with Gasteiger partial charge in [0, 0.05) is 25.1 Å². The molecule has 2 aliphatic carbocycles. The van der Waals surface area contributed by atoms with Crippen LogP contribution < -0.4 is 4.90 Å². The van der Waals surface area contributed by atoms with E-state index in [0.29, 0.717) is 5.56 Å². The average Bonchev–Trinajstić information content (AvgIpc) is 3.13. The van der Waals surface area contributed by atoms with Gasteiger partial charge in [0.15, 0.2) is 5.79 Å². The fourth-order valence-corrected chi connectivity index (χ4v) is 4.79. The van der Waals surface area contributed by atoms with Crippen LogP contribution in [0.15, 0.2) is 30.5 Å². The maximum absolute atomic E-state index is 9.26. The first-order chi connectivity index (χ1) is 12.1. The third-order valence-corrected chi connectivity index (χ3v) is 6.13. The molecule has 4 nitrogen and oxygen atoms in total. The van der Waals surface area contributed by atoms with Crippen molar-refractivity contribution >= 4 is 5.69 Å². The molecule has 3 fully saturated rings. The summed E-state index contributed by atoms with van der Waals surface area (Å²) in [6.45, 7) is 6.57. The summed E-state index contributed by atoms with van der Waals surface area (Å²) in [6.07, 6.45) is 8.70. The van der Waals surface area contributed by atoms with Gasteiger partial charge in [-0.1, -0.05) is 12.1 Å². The maximum Gasteiger partial charge on any atom is 0.169 e. The Bertz CT molecular complexity index is 730. The molecule has 4 rings (SSSR count). The number of benzene rings is 1. The fraction of sp³-hybridized carbons (Fsp3) is 0.571. The molecule has 0 amide bonds. The molecule has 0 radical (unpaired) electrons. The minimum Gasteiger partial charge on any atom is -0.348 e. The molecule has 132 valence electrons. The van der Waals surface area contributed by atoms with Crippen molar-refractivity contribution in [1.82, 2.24) is 0 Å². The van der Waals surface area contributed by atoms with Crippen LogP contribution >= 0.6 is 0 Å². The molecule has 1 aromatic rings. The molecule has 1 aromatic carbocycles. The van der Waals surface area contributed by atoms with Gasteiger partial charge in [0.2, 0.25) is 0 Å². The maximum atomic E-state index is 9.26. The van der Waals surface area contributed by atoms with Crippen LogP contribution in [0, 0.1) is 29.6 Å². The van der Waals surface area contributed by atoms with Crippen molar-refractivity contribution in [1.29, 1.82) is 5.26 Å². The molecule has 0 aromatic heterocycles. The van der Waals surface area contributed by atoms with Crippen LogP contribution in [0.2, 0.25) is 0 Å². The van der Waals surface area contributed by atoms with Crippen molar-refractivity contribution in [3.05, 3.63) is 41.6 Å². The van der Waals surface area contributed by atoms with Gasteiger partial charge in [0.25, 0.3) is 0 Å². The van der Waals surface area contributed by atoms with E-state index in [1.54, 1.807) is 0 Å². The van der Waals surface area contributed by atoms with Crippen LogP contribution in [-0.2, 0) is 9.47 Å². The third-order valence-electron chi connectivity index (χ3n) is 6.13. The van der Waals surface area contributed by atoms with E-state index in [-0.39, 0.29) is 11.2 Å². The van der Waals surface area contributed by atoms with E-state index < -0.39 is 0 Å². The van der Waals surface area contributed by atoms with Gasteiger partial charge < -0.3 is 14.4 Å². The van der Waals surface area contributed by atoms with Crippen molar-refractivity contribution in [2.24, 2.45) is 11.3 Å². The quantitative estimate of drug-likeness (QED) is 0.828. The molecule has 1 heterocycles. The van der Waals surface area contributed by atoms with E-state index in [0.717, 1.165) is 44.2 Å². The van der Waals surface area contributed by atoms with Gasteiger partial charge in [0.05, 0.1) is 24.8 Å². The number of hydrogen-bond donors (Lipinski definition) is 0. The van der Waals surface area contributed by atoms with Crippen LogP contribution in [0.25, 0.3) is 0 Å². The van der Waals surface area contributed by atoms with Gasteiger partial charge >= 0.3 is 0 Å². The molecule has 2 atom stereocenters. The first-order valence-electron chi connectivity index (χ1n) is 9.28. The summed E-state index contributed by atoms with van der Waals surface area (Å²) in [4.78, 5) is 2.32. The number of aryl methyl sites for hydroxylation is 1. The van der Waals surface area contributed by atoms with E-state index in [1.165, 1.54) is 18.4 Å². The highest BCUT2D eigenvalue weighted by molar-refractivity contribution is 5.59. The lowest BCUT2D eigenvalue weighted by Crippen LogP contribution is -2.41. The van der Waals surface area contributed by atoms with E-state index >= 15 is 0 Å². The van der Waals surface area contributed by atoms with Gasteiger partial charge in [0.1, 0.15) is 0 Å². The molecule has 1 saturated heterocycles. The smallest absolute Gasteiger partial charge is 0.169 e. The summed E-state index contributed by atoms with van der Waals surface area (Å²) in [5, 5.41) is 9.26. The lowest BCUT2D eigenvalue weighted by Gasteiger charge is -2.38. The largest absolute Gasteiger partial charge is 0.348 e. The summed E-state index contributed by atoms with van der Waals surface area (Å²) in [6, 6.07) is 8.20. The Hall–Kier alpha value is -1.83. The van der Waals surface area contributed by atoms with Gasteiger partial charge in [-0.3, -0.25) is 0 Å². The third kappa shape index (κ3) is 2.96. The van der Waals surface area contributed by atoms with Crippen LogP contribution in [0.4, 0.5) is 5.69 Å². The second-order valence-electron chi connectivity index (χ2n) is 7.81. The predicted octanol–water partition coefficient (Wildman–Crippen LogP) is 4.14. The van der Waals surface area contributed by atoms with Crippen LogP contribution in [-0.4, -0.2) is 25.5 Å². The normalized spacial score (nSPS) is 29.6. The molecule has 2 saturated carbocycles. The highest BCUT2D eigenvalue weighted by Crippen LogP contribution is 2.65. The molecule has 1 aliphatic heterocycles. The molecule has 4 heteroatoms. The number of anilines is 1. The molecule has 1 spiro atoms. The number of ether oxygens (including phenoxy) is 2. The topological polar surface area (TPSA) is 45.5 Å². The second kappa shape index (κ2) is 6.16. The lowest BCUT2D eigenvalue weighted by molar-refractivity contribution is -0.188. The minimum atomic E-state index is -0.335. The first kappa shape index (κ1) is 16.6. The van der Waals surface area contributed by atoms with E-state index in [4.69, 9.17) is 9.47 Å². The lowest BCUT2D eigenvalue weighted by atomic mass is 9.83. The Morgan fingerprint density at radius 1 is 1.36 bits per heavy atom. The van der Waals surface area contributed by atoms with E-state index in [2.05, 4.69) is 30.2 Å². The minimum absolute atomic E-state index is 0.275. The van der Waals surface area contributed by atoms with Crippen molar-refractivity contribution in [3.63, 3.8) is 0 Å². The number of rotatable bonds is 4. The molecule has 0 N–H and O–H groups in total. The van der Waals surface area contributed by atoms with Crippen molar-refractivity contribution in [3.8, 4) is 6.07 Å². The highest BCUT2D eigenvalue weighted by atomic mass is 16.7. The Morgan fingerprint density at radius 2 is 2.16 bits per heavy atom. The van der Waals surface area contributed by atoms with Gasteiger partial charge in [-0.25, -0.2) is 0 Å². The number of fused-ring (bicyclic) bond motifs is 1. The van der Waals surface area contributed by atoms with Gasteiger partial charge in [-0.05, 0) is 61.9 Å². The SMILES string of the molecule is C/C=C\N(CC12CC1CCC1(C2)OCCO1)c1cc(C#N)ccc1C. The zero-order chi connectivity index (χ0) is 17.5. The second-order valence-corrected chi connectivity index (χ2v) is 7.81. The van der Waals surface area contributed by atoms with E-state index in [1.807, 2.05) is 25.1 Å². The summed E-state index contributed by atoms with van der Waals surface area (Å²) < 4.78 is 12.0. The van der Waals surface area contributed by atoms with Gasteiger partial charge in [-0.2, -0.15) is 5.26 Å². The number of allylic oxidation sites excluding steroid dienone is 1. The zero-order valence-electron chi connectivity index (χ0n) is 15.1. The summed E-state index contributed by atoms with van der Waals surface area (Å²) >= 11 is 0. The van der Waals surface area contributed by atoms with Crippen molar-refractivity contribution in [2.75, 3.05) is 24.7 Å². The Labute approximate surface area is 150 Å². The van der Waals surface area contributed by atoms with Gasteiger partial charge in [-0.15, -0.1) is 0 Å². The first-order valence-corrected chi connectivity index (χ1v) is 9.28. The Kier molecular flexibility index (Phi) is 4.10. The molecule has 2 unspecified atom stereocenters. The molecular formula is C21H26N2O2. The summed E-state index contributed by atoms with van der Waals surface area (Å²) in [5.74, 6) is 0.441. The number of hydrogen-bond acceptors (Lipinski definition) is 4. The van der Waals surface area contributed by atoms with Crippen molar-refractivity contribution < 1.29 is 9.47 Å². The van der Waals surface area contributed by atoms with Crippen LogP contribution in [0.5, 0.6) is 0 Å². The molecule has 25 heavy (non-hydrogen) atoms. The standard InChI is InChI=1S/C21H26N2O2/c1-3-8-23(19-11-17(13-22)5-4-16(19)2)15-20-12-18(20)6-7-21(14-20)24-9-10-25-21/h3-5,8,11,18H,6-7,9-10,12,14-15H2,1-2H3/b8-3-. The molecule has 0 bridgehead atoms. The number of nitriles is 1. The zero-order valence-corrected chi connectivity index (χ0v) is 15.1. The Morgan fingerprint density at radius 3 is 2.88 bits per heavy atom. The monoisotopic (exact) mass is 338 g/mol. The van der Waals surface area contributed by atoms with Crippen LogP contribution in [0.1, 0.15) is 43.7 Å². The van der Waals surface area contributed by atoms with Crippen LogP contribution in [0.3, 0.4) is 0 Å². The summed E-state index contributed by atoms with van der Waals surface area (Å²) in [5.41, 5.74) is 3.31. The highest BCUT2D eigenvalue weighted by Gasteiger charge is 2.63. The van der Waals surface area contributed by atoms with Crippen molar-refractivity contribution in [2.45, 2.75) is 45.3 Å². The molecular weight excluding hydrogens is 312 g/mol. The fourth-order valence-electron chi connectivity index (χ4n) is 4.79.